The second-order valence-electron chi connectivity index (χ2n) is 6.28. The molecule has 0 aromatic rings. The summed E-state index contributed by atoms with van der Waals surface area (Å²) in [6, 6.07) is 0. The Kier molecular flexibility index (Phi) is 15.7. The van der Waals surface area contributed by atoms with Crippen molar-refractivity contribution in [2.45, 2.75) is 69.8 Å². The molecule has 7 nitrogen and oxygen atoms in total. The summed E-state index contributed by atoms with van der Waals surface area (Å²) in [7, 11) is 0. The van der Waals surface area contributed by atoms with Gasteiger partial charge in [-0.05, 0) is 0 Å². The predicted octanol–water partition coefficient (Wildman–Crippen LogP) is 1.01. The van der Waals surface area contributed by atoms with Crippen molar-refractivity contribution in [3.05, 3.63) is 0 Å². The Labute approximate surface area is 151 Å². The monoisotopic (exact) mass is 386 g/mol. The number of aliphatic hydroxyl groups excluding tert-OH is 3. The van der Waals surface area contributed by atoms with Crippen molar-refractivity contribution >= 4 is 0 Å². The SMILES string of the molecule is [O]=[Ti]([OH])[O]CCC(CCCCO)C(O)(CCCCO)CCCCO. The standard InChI is InChI=1S/C16H33O5.H2O.O.Ti/c17-11-4-1-7-15(8-14-20)16(21,9-2-5-12-18)10-3-6-13-19;;;/h15,17-19,21H,1-14H2;1H2;;/q-1;;;+2/p-1. The summed E-state index contributed by atoms with van der Waals surface area (Å²) in [4.78, 5) is 0. The molecule has 0 aliphatic heterocycles. The van der Waals surface area contributed by atoms with Crippen LogP contribution in [0, 0.1) is 5.92 Å². The summed E-state index contributed by atoms with van der Waals surface area (Å²) in [6.45, 7) is 0.409. The van der Waals surface area contributed by atoms with Crippen LogP contribution in [0.15, 0.2) is 0 Å². The number of unbranched alkanes of at least 4 members (excludes halogenated alkanes) is 3. The average Bonchev–Trinajstić information content (AvgIpc) is 2.54. The van der Waals surface area contributed by atoms with Gasteiger partial charge in [0.05, 0.1) is 0 Å². The Bertz CT molecular complexity index is 305. The first-order valence-corrected chi connectivity index (χ1v) is 10.9. The average molecular weight is 386 g/mol. The van der Waals surface area contributed by atoms with Crippen LogP contribution in [0.1, 0.15) is 64.2 Å². The maximum atomic E-state index is 11.2. The molecule has 8 heteroatoms. The van der Waals surface area contributed by atoms with Gasteiger partial charge < -0.3 is 0 Å². The third-order valence-electron chi connectivity index (χ3n) is 4.45. The first-order chi connectivity index (χ1) is 11.5. The van der Waals surface area contributed by atoms with Crippen molar-refractivity contribution in [1.29, 1.82) is 0 Å². The molecular weight excluding hydrogens is 352 g/mol. The first-order valence-electron chi connectivity index (χ1n) is 8.91. The van der Waals surface area contributed by atoms with Crippen molar-refractivity contribution in [2.75, 3.05) is 26.4 Å². The Morgan fingerprint density at radius 2 is 1.33 bits per heavy atom. The zero-order chi connectivity index (χ0) is 18.3. The molecule has 0 amide bonds. The molecule has 0 spiro atoms. The Morgan fingerprint density at radius 1 is 0.833 bits per heavy atom. The van der Waals surface area contributed by atoms with Gasteiger partial charge in [-0.25, -0.2) is 0 Å². The van der Waals surface area contributed by atoms with Gasteiger partial charge in [-0.1, -0.05) is 0 Å². The molecule has 0 aromatic carbocycles. The van der Waals surface area contributed by atoms with Gasteiger partial charge in [-0.15, -0.1) is 0 Å². The summed E-state index contributed by atoms with van der Waals surface area (Å²) >= 11 is -3.56. The molecule has 0 aliphatic rings. The minimum absolute atomic E-state index is 0.0834. The number of aliphatic hydroxyl groups is 4. The molecule has 24 heavy (non-hydrogen) atoms. The first kappa shape index (κ1) is 24.3. The predicted molar refractivity (Wildman–Crippen MR) is 84.7 cm³/mol. The summed E-state index contributed by atoms with van der Waals surface area (Å²) in [6.07, 6.45) is 6.34. The van der Waals surface area contributed by atoms with Crippen molar-refractivity contribution < 1.29 is 49.4 Å². The van der Waals surface area contributed by atoms with Crippen molar-refractivity contribution in [2.24, 2.45) is 5.92 Å². The van der Waals surface area contributed by atoms with Crippen molar-refractivity contribution in [1.82, 2.24) is 0 Å². The molecule has 0 saturated carbocycles. The fraction of sp³-hybridized carbons (Fsp3) is 1.00. The third-order valence-corrected chi connectivity index (χ3v) is 5.15. The maximum absolute atomic E-state index is 11.2. The summed E-state index contributed by atoms with van der Waals surface area (Å²) in [5.74, 6) is -0.0982. The van der Waals surface area contributed by atoms with Gasteiger partial charge in [0.2, 0.25) is 0 Å². The van der Waals surface area contributed by atoms with Gasteiger partial charge in [0.15, 0.2) is 0 Å². The van der Waals surface area contributed by atoms with E-state index in [1.54, 1.807) is 0 Å². The molecule has 1 unspecified atom stereocenters. The number of hydrogen-bond acceptors (Lipinski definition) is 6. The molecule has 0 saturated heterocycles. The molecule has 0 bridgehead atoms. The van der Waals surface area contributed by atoms with Crippen LogP contribution < -0.4 is 0 Å². The van der Waals surface area contributed by atoms with Crippen LogP contribution in [-0.2, 0) is 25.3 Å². The van der Waals surface area contributed by atoms with E-state index < -0.39 is 24.2 Å². The Morgan fingerprint density at radius 3 is 1.79 bits per heavy atom. The third kappa shape index (κ3) is 11.8. The molecule has 0 aliphatic carbocycles. The van der Waals surface area contributed by atoms with E-state index in [4.69, 9.17) is 22.3 Å². The summed E-state index contributed by atoms with van der Waals surface area (Å²) in [5, 5.41) is 38.1. The van der Waals surface area contributed by atoms with E-state index in [9.17, 15) is 8.43 Å². The van der Waals surface area contributed by atoms with Crippen molar-refractivity contribution in [3.8, 4) is 0 Å². The van der Waals surface area contributed by atoms with Crippen LogP contribution in [0.5, 0.6) is 0 Å². The van der Waals surface area contributed by atoms with Gasteiger partial charge >= 0.3 is 152 Å². The van der Waals surface area contributed by atoms with Crippen LogP contribution in [0.3, 0.4) is 0 Å². The van der Waals surface area contributed by atoms with Gasteiger partial charge in [-0.2, -0.15) is 0 Å². The zero-order valence-electron chi connectivity index (χ0n) is 14.5. The van der Waals surface area contributed by atoms with Gasteiger partial charge in [-0.3, -0.25) is 0 Å². The van der Waals surface area contributed by atoms with Gasteiger partial charge in [0.25, 0.3) is 0 Å². The van der Waals surface area contributed by atoms with Crippen LogP contribution in [0.2, 0.25) is 0 Å². The minimum atomic E-state index is -3.56. The Hall–Kier alpha value is 0.274. The van der Waals surface area contributed by atoms with Gasteiger partial charge in [0, 0.05) is 0 Å². The topological polar surface area (TPSA) is 127 Å². The van der Waals surface area contributed by atoms with E-state index in [0.717, 1.165) is 6.42 Å². The second-order valence-corrected chi connectivity index (χ2v) is 7.57. The van der Waals surface area contributed by atoms with Crippen LogP contribution in [0.25, 0.3) is 0 Å². The Balaban J connectivity index is 4.84. The van der Waals surface area contributed by atoms with Crippen molar-refractivity contribution in [3.63, 3.8) is 0 Å². The van der Waals surface area contributed by atoms with E-state index in [2.05, 4.69) is 0 Å². The van der Waals surface area contributed by atoms with E-state index in [-0.39, 0.29) is 32.3 Å². The number of rotatable bonds is 17. The fourth-order valence-electron chi connectivity index (χ4n) is 3.09. The molecule has 0 aromatic heterocycles. The molecule has 5 N–H and O–H groups in total. The zero-order valence-corrected chi connectivity index (χ0v) is 16.1. The molecule has 0 fully saturated rings. The summed E-state index contributed by atoms with van der Waals surface area (Å²) in [5.41, 5.74) is -0.943. The molecule has 144 valence electrons. The van der Waals surface area contributed by atoms with E-state index in [1.165, 1.54) is 0 Å². The quantitative estimate of drug-likeness (QED) is 0.187. The molecular formula is C16H34O7Ti. The molecule has 0 radical (unpaired) electrons. The molecule has 0 rings (SSSR count). The second kappa shape index (κ2) is 15.5. The van der Waals surface area contributed by atoms with E-state index in [1.807, 2.05) is 0 Å². The van der Waals surface area contributed by atoms with Crippen LogP contribution in [-0.4, -0.2) is 56.1 Å². The normalized spacial score (nSPS) is 13.2. The molecule has 1 atom stereocenters. The number of hydrogen-bond donors (Lipinski definition) is 5. The van der Waals surface area contributed by atoms with Gasteiger partial charge in [0.1, 0.15) is 0 Å². The van der Waals surface area contributed by atoms with E-state index in [0.29, 0.717) is 57.8 Å². The summed E-state index contributed by atoms with van der Waals surface area (Å²) < 4.78 is 24.5. The van der Waals surface area contributed by atoms with E-state index >= 15 is 0 Å². The van der Waals surface area contributed by atoms with Crippen LogP contribution >= 0.6 is 0 Å². The fourth-order valence-corrected chi connectivity index (χ4v) is 3.55. The van der Waals surface area contributed by atoms with Crippen LogP contribution in [0.4, 0.5) is 0 Å². The molecule has 0 heterocycles.